The van der Waals surface area contributed by atoms with Crippen molar-refractivity contribution in [1.29, 1.82) is 0 Å². The summed E-state index contributed by atoms with van der Waals surface area (Å²) in [4.78, 5) is 40.2. The predicted octanol–water partition coefficient (Wildman–Crippen LogP) is 2.68. The van der Waals surface area contributed by atoms with Crippen molar-refractivity contribution in [2.24, 2.45) is 0 Å². The minimum absolute atomic E-state index is 0.00202. The molecule has 1 saturated heterocycles. The molecule has 0 bridgehead atoms. The van der Waals surface area contributed by atoms with Crippen LogP contribution in [0.2, 0.25) is 0 Å². The number of aliphatic hydroxyl groups excluding tert-OH is 1. The Kier molecular flexibility index (Phi) is 5.60. The number of hydrogen-bond donors (Lipinski definition) is 1. The molecule has 4 rings (SSSR count). The van der Waals surface area contributed by atoms with E-state index in [-0.39, 0.29) is 23.9 Å². The maximum absolute atomic E-state index is 13.2. The molecule has 1 unspecified atom stereocenters. The maximum Gasteiger partial charge on any atom is 0.269 e. The quantitative estimate of drug-likeness (QED) is 0.582. The first-order valence-electron chi connectivity index (χ1n) is 10.1. The van der Waals surface area contributed by atoms with Gasteiger partial charge in [0.1, 0.15) is 5.75 Å². The van der Waals surface area contributed by atoms with Crippen LogP contribution in [0, 0.1) is 10.1 Å². The number of aliphatic hydroxyl groups is 1. The zero-order valence-corrected chi connectivity index (χ0v) is 17.1. The second-order valence-electron chi connectivity index (χ2n) is 7.73. The number of ether oxygens (including phenoxy) is 1. The second-order valence-corrected chi connectivity index (χ2v) is 7.73. The molecule has 1 atom stereocenters. The number of methoxy groups -OCH3 is 1. The number of carbonyl (C=O) groups excluding carboxylic acids is 2. The smallest absolute Gasteiger partial charge is 0.269 e. The summed E-state index contributed by atoms with van der Waals surface area (Å²) in [5.74, 6) is 0.174. The number of nitrogens with zero attached hydrogens (tertiary/aromatic N) is 3. The summed E-state index contributed by atoms with van der Waals surface area (Å²) in [6.45, 7) is 0.899. The first-order valence-corrected chi connectivity index (χ1v) is 10.1. The number of non-ortho nitro benzene ring substituents is 1. The van der Waals surface area contributed by atoms with Crippen LogP contribution in [0.4, 0.5) is 11.4 Å². The van der Waals surface area contributed by atoms with Gasteiger partial charge in [-0.15, -0.1) is 0 Å². The van der Waals surface area contributed by atoms with E-state index in [9.17, 15) is 24.8 Å². The van der Waals surface area contributed by atoms with Crippen molar-refractivity contribution in [3.05, 3.63) is 63.7 Å². The lowest BCUT2D eigenvalue weighted by molar-refractivity contribution is -0.384. The topological polar surface area (TPSA) is 113 Å². The van der Waals surface area contributed by atoms with Crippen molar-refractivity contribution >= 4 is 23.2 Å². The third-order valence-corrected chi connectivity index (χ3v) is 5.90. The molecule has 1 N–H and O–H groups in total. The summed E-state index contributed by atoms with van der Waals surface area (Å²) < 4.78 is 5.18. The average Bonchev–Trinajstić information content (AvgIpc) is 3.05. The number of likely N-dealkylation sites (tertiary alicyclic amines) is 1. The van der Waals surface area contributed by atoms with Crippen LogP contribution in [0.5, 0.6) is 5.75 Å². The molecule has 2 aromatic carbocycles. The Bertz CT molecular complexity index is 1010. The minimum atomic E-state index is -0.657. The SMILES string of the molecule is COc1ccc(N2C(=O)c3ccc([N+](=O)[O-])cc3C2CC(=O)N2CCC(O)CC2)cc1. The summed E-state index contributed by atoms with van der Waals surface area (Å²) in [5.41, 5.74) is 1.28. The van der Waals surface area contributed by atoms with E-state index in [1.54, 1.807) is 36.3 Å². The van der Waals surface area contributed by atoms with Gasteiger partial charge in [-0.1, -0.05) is 0 Å². The summed E-state index contributed by atoms with van der Waals surface area (Å²) in [7, 11) is 1.54. The van der Waals surface area contributed by atoms with Gasteiger partial charge in [0.2, 0.25) is 5.91 Å². The molecule has 0 aromatic heterocycles. The summed E-state index contributed by atoms with van der Waals surface area (Å²) in [6, 6.07) is 10.4. The number of nitro groups is 1. The third-order valence-electron chi connectivity index (χ3n) is 5.90. The molecular weight excluding hydrogens is 402 g/mol. The first kappa shape index (κ1) is 20.8. The molecule has 0 aliphatic carbocycles. The molecule has 0 saturated carbocycles. The Labute approximate surface area is 179 Å². The van der Waals surface area contributed by atoms with Gasteiger partial charge in [-0.25, -0.2) is 0 Å². The van der Waals surface area contributed by atoms with Crippen molar-refractivity contribution in [3.63, 3.8) is 0 Å². The Morgan fingerprint density at radius 3 is 2.48 bits per heavy atom. The number of benzene rings is 2. The zero-order chi connectivity index (χ0) is 22.1. The van der Waals surface area contributed by atoms with E-state index in [4.69, 9.17) is 4.74 Å². The van der Waals surface area contributed by atoms with E-state index in [1.165, 1.54) is 23.1 Å². The minimum Gasteiger partial charge on any atom is -0.497 e. The molecule has 162 valence electrons. The second kappa shape index (κ2) is 8.35. The van der Waals surface area contributed by atoms with Crippen LogP contribution >= 0.6 is 0 Å². The highest BCUT2D eigenvalue weighted by Gasteiger charge is 2.40. The van der Waals surface area contributed by atoms with Crippen molar-refractivity contribution in [2.75, 3.05) is 25.1 Å². The van der Waals surface area contributed by atoms with Crippen LogP contribution in [0.1, 0.15) is 41.2 Å². The number of nitro benzene ring substituents is 1. The third kappa shape index (κ3) is 3.96. The molecule has 31 heavy (non-hydrogen) atoms. The molecule has 2 aliphatic heterocycles. The number of hydrogen-bond acceptors (Lipinski definition) is 6. The fourth-order valence-corrected chi connectivity index (χ4v) is 4.20. The molecule has 9 heteroatoms. The highest BCUT2D eigenvalue weighted by molar-refractivity contribution is 6.11. The van der Waals surface area contributed by atoms with Gasteiger partial charge in [0.25, 0.3) is 11.6 Å². The zero-order valence-electron chi connectivity index (χ0n) is 17.1. The van der Waals surface area contributed by atoms with E-state index in [0.29, 0.717) is 48.5 Å². The molecule has 2 aliphatic rings. The number of carbonyl (C=O) groups is 2. The summed E-state index contributed by atoms with van der Waals surface area (Å²) in [5, 5.41) is 21.0. The average molecular weight is 425 g/mol. The van der Waals surface area contributed by atoms with Gasteiger partial charge in [-0.3, -0.25) is 19.7 Å². The molecule has 2 aromatic rings. The highest BCUT2D eigenvalue weighted by Crippen LogP contribution is 2.41. The molecule has 0 spiro atoms. The van der Waals surface area contributed by atoms with Crippen LogP contribution in [0.25, 0.3) is 0 Å². The van der Waals surface area contributed by atoms with E-state index in [2.05, 4.69) is 0 Å². The number of fused-ring (bicyclic) bond motifs is 1. The van der Waals surface area contributed by atoms with E-state index < -0.39 is 17.1 Å². The van der Waals surface area contributed by atoms with Gasteiger partial charge in [-0.05, 0) is 48.7 Å². The van der Waals surface area contributed by atoms with Gasteiger partial charge in [0, 0.05) is 36.5 Å². The van der Waals surface area contributed by atoms with E-state index in [1.807, 2.05) is 0 Å². The first-order chi connectivity index (χ1) is 14.9. The lowest BCUT2D eigenvalue weighted by Gasteiger charge is -2.32. The largest absolute Gasteiger partial charge is 0.497 e. The van der Waals surface area contributed by atoms with Gasteiger partial charge in [0.15, 0.2) is 0 Å². The lowest BCUT2D eigenvalue weighted by atomic mass is 9.99. The Balaban J connectivity index is 1.69. The van der Waals surface area contributed by atoms with Gasteiger partial charge in [-0.2, -0.15) is 0 Å². The van der Waals surface area contributed by atoms with Crippen molar-refractivity contribution < 1.29 is 24.4 Å². The number of rotatable bonds is 5. The van der Waals surface area contributed by atoms with Gasteiger partial charge >= 0.3 is 0 Å². The standard InChI is InChI=1S/C22H23N3O6/c1-31-17-5-2-14(3-6-17)24-20(13-21(27)23-10-8-16(26)9-11-23)19-12-15(25(29)30)4-7-18(19)22(24)28/h2-7,12,16,20,26H,8-11,13H2,1H3. The Hall–Kier alpha value is -3.46. The Morgan fingerprint density at radius 2 is 1.87 bits per heavy atom. The summed E-state index contributed by atoms with van der Waals surface area (Å²) in [6.07, 6.45) is 0.623. The van der Waals surface area contributed by atoms with E-state index in [0.717, 1.165) is 0 Å². The predicted molar refractivity (Wildman–Crippen MR) is 112 cm³/mol. The number of anilines is 1. The molecule has 2 amide bonds. The normalized spacial score (nSPS) is 18.8. The van der Waals surface area contributed by atoms with Crippen LogP contribution in [-0.2, 0) is 4.79 Å². The van der Waals surface area contributed by atoms with Crippen molar-refractivity contribution in [3.8, 4) is 5.75 Å². The van der Waals surface area contributed by atoms with Crippen LogP contribution in [0.3, 0.4) is 0 Å². The van der Waals surface area contributed by atoms with Gasteiger partial charge < -0.3 is 19.6 Å². The van der Waals surface area contributed by atoms with Crippen molar-refractivity contribution in [1.82, 2.24) is 4.90 Å². The molecular formula is C22H23N3O6. The van der Waals surface area contributed by atoms with Crippen LogP contribution in [0.15, 0.2) is 42.5 Å². The maximum atomic E-state index is 13.2. The van der Waals surface area contributed by atoms with Crippen LogP contribution in [-0.4, -0.2) is 53.0 Å². The molecule has 9 nitrogen and oxygen atoms in total. The number of piperidine rings is 1. The number of amides is 2. The molecule has 2 heterocycles. The molecule has 1 fully saturated rings. The fraction of sp³-hybridized carbons (Fsp3) is 0.364. The van der Waals surface area contributed by atoms with Gasteiger partial charge in [0.05, 0.1) is 30.6 Å². The van der Waals surface area contributed by atoms with Crippen LogP contribution < -0.4 is 9.64 Å². The summed E-state index contributed by atoms with van der Waals surface area (Å²) >= 11 is 0. The lowest BCUT2D eigenvalue weighted by Crippen LogP contribution is -2.41. The monoisotopic (exact) mass is 425 g/mol. The van der Waals surface area contributed by atoms with Crippen molar-refractivity contribution in [2.45, 2.75) is 31.4 Å². The molecule has 0 radical (unpaired) electrons. The highest BCUT2D eigenvalue weighted by atomic mass is 16.6. The Morgan fingerprint density at radius 1 is 1.19 bits per heavy atom. The van der Waals surface area contributed by atoms with E-state index >= 15 is 0 Å². The fourth-order valence-electron chi connectivity index (χ4n) is 4.20.